The van der Waals surface area contributed by atoms with Gasteiger partial charge in [0.05, 0.1) is 7.11 Å². The van der Waals surface area contributed by atoms with Gasteiger partial charge in [-0.1, -0.05) is 91.0 Å². The molecule has 1 N–H and O–H groups in total. The maximum atomic E-state index is 13.9. The number of carbonyl (C=O) groups excluding carboxylic acids is 2. The minimum atomic E-state index is -0.796. The minimum absolute atomic E-state index is 0.0577. The fourth-order valence-electron chi connectivity index (χ4n) is 4.91. The summed E-state index contributed by atoms with van der Waals surface area (Å²) in [7, 11) is 1.54. The van der Waals surface area contributed by atoms with Crippen molar-refractivity contribution in [2.75, 3.05) is 13.7 Å². The lowest BCUT2D eigenvalue weighted by Gasteiger charge is -2.33. The molecular formula is C31H34Cl2N2O4. The summed E-state index contributed by atoms with van der Waals surface area (Å²) in [5, 5.41) is 4.08. The minimum Gasteiger partial charge on any atom is -0.493 e. The van der Waals surface area contributed by atoms with Crippen LogP contribution in [-0.4, -0.2) is 42.5 Å². The van der Waals surface area contributed by atoms with E-state index in [9.17, 15) is 9.59 Å². The van der Waals surface area contributed by atoms with Gasteiger partial charge in [-0.05, 0) is 42.7 Å². The van der Waals surface area contributed by atoms with Crippen molar-refractivity contribution in [1.82, 2.24) is 10.2 Å². The molecule has 8 heteroatoms. The molecule has 0 bridgehead atoms. The third-order valence-electron chi connectivity index (χ3n) is 7.03. The third-order valence-corrected chi connectivity index (χ3v) is 7.74. The maximum absolute atomic E-state index is 13.9. The first-order valence-corrected chi connectivity index (χ1v) is 14.0. The molecule has 0 heterocycles. The number of hydrogen-bond donors (Lipinski definition) is 1. The van der Waals surface area contributed by atoms with Gasteiger partial charge >= 0.3 is 0 Å². The number of halogens is 2. The number of hydrogen-bond acceptors (Lipinski definition) is 4. The Morgan fingerprint density at radius 1 is 0.897 bits per heavy atom. The number of para-hydroxylation sites is 2. The van der Waals surface area contributed by atoms with Gasteiger partial charge in [-0.15, -0.1) is 0 Å². The van der Waals surface area contributed by atoms with Crippen LogP contribution in [0.15, 0.2) is 72.8 Å². The highest BCUT2D eigenvalue weighted by atomic mass is 35.5. The zero-order valence-electron chi connectivity index (χ0n) is 22.1. The van der Waals surface area contributed by atoms with Crippen molar-refractivity contribution < 1.29 is 19.1 Å². The molecule has 1 aliphatic carbocycles. The summed E-state index contributed by atoms with van der Waals surface area (Å²) in [6.45, 7) is -0.230. The standard InChI is InChI=1S/C31H34Cl2N2O4/c1-38-28-17-8-9-18-29(28)39-21-30(36)35(20-24-25(32)15-10-16-26(24)33)27(19-22-11-4-2-5-12-22)31(37)34-23-13-6-3-7-14-23/h2,4-5,8-12,15-18,23,27H,3,6-7,13-14,19-21H2,1H3,(H,34,37)/t27-/m0/s1. The molecule has 1 fully saturated rings. The van der Waals surface area contributed by atoms with E-state index < -0.39 is 6.04 Å². The Morgan fingerprint density at radius 3 is 2.21 bits per heavy atom. The summed E-state index contributed by atoms with van der Waals surface area (Å²) in [5.41, 5.74) is 1.52. The molecule has 3 aromatic carbocycles. The molecule has 4 rings (SSSR count). The molecule has 1 saturated carbocycles. The molecule has 1 aliphatic rings. The van der Waals surface area contributed by atoms with Crippen LogP contribution in [0.1, 0.15) is 43.2 Å². The molecule has 0 aliphatic heterocycles. The first-order valence-electron chi connectivity index (χ1n) is 13.3. The van der Waals surface area contributed by atoms with E-state index in [-0.39, 0.29) is 31.0 Å². The summed E-state index contributed by atoms with van der Waals surface area (Å²) in [6, 6.07) is 21.3. The largest absolute Gasteiger partial charge is 0.493 e. The van der Waals surface area contributed by atoms with Gasteiger partial charge in [-0.2, -0.15) is 0 Å². The van der Waals surface area contributed by atoms with E-state index in [0.29, 0.717) is 33.5 Å². The summed E-state index contributed by atoms with van der Waals surface area (Å²) >= 11 is 13.0. The van der Waals surface area contributed by atoms with Crippen LogP contribution >= 0.6 is 23.2 Å². The fraction of sp³-hybridized carbons (Fsp3) is 0.355. The Balaban J connectivity index is 1.66. The van der Waals surface area contributed by atoms with E-state index in [1.165, 1.54) is 11.3 Å². The van der Waals surface area contributed by atoms with Gasteiger partial charge in [0.25, 0.3) is 5.91 Å². The van der Waals surface area contributed by atoms with Gasteiger partial charge in [-0.25, -0.2) is 0 Å². The van der Waals surface area contributed by atoms with Crippen molar-refractivity contribution in [2.45, 2.75) is 57.2 Å². The van der Waals surface area contributed by atoms with Crippen LogP contribution in [0.25, 0.3) is 0 Å². The van der Waals surface area contributed by atoms with Crippen LogP contribution in [0.5, 0.6) is 11.5 Å². The van der Waals surface area contributed by atoms with Gasteiger partial charge in [0.2, 0.25) is 5.91 Å². The predicted octanol–water partition coefficient (Wildman–Crippen LogP) is 6.47. The van der Waals surface area contributed by atoms with E-state index in [1.807, 2.05) is 36.4 Å². The van der Waals surface area contributed by atoms with Crippen molar-refractivity contribution in [2.24, 2.45) is 0 Å². The lowest BCUT2D eigenvalue weighted by Crippen LogP contribution is -2.53. The molecule has 0 radical (unpaired) electrons. The van der Waals surface area contributed by atoms with Crippen LogP contribution in [0.2, 0.25) is 10.0 Å². The quantitative estimate of drug-likeness (QED) is 0.288. The normalized spacial score (nSPS) is 14.3. The lowest BCUT2D eigenvalue weighted by molar-refractivity contribution is -0.143. The zero-order valence-corrected chi connectivity index (χ0v) is 23.6. The Labute approximate surface area is 240 Å². The summed E-state index contributed by atoms with van der Waals surface area (Å²) in [4.78, 5) is 29.3. The third kappa shape index (κ3) is 7.90. The van der Waals surface area contributed by atoms with Crippen LogP contribution in [0, 0.1) is 0 Å². The summed E-state index contributed by atoms with van der Waals surface area (Å²) < 4.78 is 11.3. The van der Waals surface area contributed by atoms with Crippen molar-refractivity contribution in [3.05, 3.63) is 94.0 Å². The lowest BCUT2D eigenvalue weighted by atomic mass is 9.94. The van der Waals surface area contributed by atoms with E-state index in [2.05, 4.69) is 5.32 Å². The van der Waals surface area contributed by atoms with Crippen molar-refractivity contribution in [3.63, 3.8) is 0 Å². The van der Waals surface area contributed by atoms with Gasteiger partial charge in [0.15, 0.2) is 18.1 Å². The van der Waals surface area contributed by atoms with E-state index in [1.54, 1.807) is 43.5 Å². The molecule has 0 saturated heterocycles. The van der Waals surface area contributed by atoms with Gasteiger partial charge in [-0.3, -0.25) is 9.59 Å². The van der Waals surface area contributed by atoms with E-state index in [4.69, 9.17) is 32.7 Å². The Bertz CT molecular complexity index is 1230. The number of nitrogens with zero attached hydrogens (tertiary/aromatic N) is 1. The zero-order chi connectivity index (χ0) is 27.6. The van der Waals surface area contributed by atoms with Crippen LogP contribution in [0.4, 0.5) is 0 Å². The predicted molar refractivity (Wildman–Crippen MR) is 154 cm³/mol. The smallest absolute Gasteiger partial charge is 0.261 e. The number of benzene rings is 3. The van der Waals surface area contributed by atoms with Gasteiger partial charge in [0, 0.05) is 34.6 Å². The molecule has 0 spiro atoms. The average molecular weight is 570 g/mol. The number of amides is 2. The first-order chi connectivity index (χ1) is 19.0. The average Bonchev–Trinajstić information content (AvgIpc) is 2.96. The monoisotopic (exact) mass is 568 g/mol. The number of methoxy groups -OCH3 is 1. The van der Waals surface area contributed by atoms with Crippen molar-refractivity contribution in [3.8, 4) is 11.5 Å². The summed E-state index contributed by atoms with van der Waals surface area (Å²) in [6.07, 6.45) is 5.55. The highest BCUT2D eigenvalue weighted by Gasteiger charge is 2.33. The first kappa shape index (κ1) is 28.8. The van der Waals surface area contributed by atoms with E-state index in [0.717, 1.165) is 31.2 Å². The molecule has 0 unspecified atom stereocenters. The molecule has 3 aromatic rings. The van der Waals surface area contributed by atoms with Crippen molar-refractivity contribution in [1.29, 1.82) is 0 Å². The van der Waals surface area contributed by atoms with E-state index >= 15 is 0 Å². The second kappa shape index (κ2) is 14.2. The number of ether oxygens (including phenoxy) is 2. The summed E-state index contributed by atoms with van der Waals surface area (Å²) in [5.74, 6) is 0.397. The SMILES string of the molecule is COc1ccccc1OCC(=O)N(Cc1c(Cl)cccc1Cl)[C@@H](Cc1ccccc1)C(=O)NC1CCCCC1. The van der Waals surface area contributed by atoms with Gasteiger partial charge < -0.3 is 19.7 Å². The molecule has 2 amide bonds. The second-order valence-electron chi connectivity index (χ2n) is 9.71. The van der Waals surface area contributed by atoms with Crippen LogP contribution in [0.3, 0.4) is 0 Å². The van der Waals surface area contributed by atoms with Gasteiger partial charge in [0.1, 0.15) is 6.04 Å². The molecule has 1 atom stereocenters. The molecular weight excluding hydrogens is 535 g/mol. The van der Waals surface area contributed by atoms with Crippen LogP contribution in [-0.2, 0) is 22.6 Å². The number of rotatable bonds is 11. The highest BCUT2D eigenvalue weighted by Crippen LogP contribution is 2.29. The fourth-order valence-corrected chi connectivity index (χ4v) is 5.43. The number of nitrogens with one attached hydrogen (secondary N) is 1. The highest BCUT2D eigenvalue weighted by molar-refractivity contribution is 6.36. The molecule has 39 heavy (non-hydrogen) atoms. The second-order valence-corrected chi connectivity index (χ2v) is 10.5. The Hall–Kier alpha value is -3.22. The van der Waals surface area contributed by atoms with Crippen LogP contribution < -0.4 is 14.8 Å². The number of carbonyl (C=O) groups is 2. The Kier molecular flexibility index (Phi) is 10.5. The van der Waals surface area contributed by atoms with Crippen molar-refractivity contribution >= 4 is 35.0 Å². The molecule has 206 valence electrons. The molecule has 0 aromatic heterocycles. The topological polar surface area (TPSA) is 67.9 Å². The maximum Gasteiger partial charge on any atom is 0.261 e. The molecule has 6 nitrogen and oxygen atoms in total. The Morgan fingerprint density at radius 2 is 1.54 bits per heavy atom.